The number of benzene rings is 3. The van der Waals surface area contributed by atoms with Crippen molar-refractivity contribution in [2.24, 2.45) is 0 Å². The van der Waals surface area contributed by atoms with Gasteiger partial charge in [-0.25, -0.2) is 0 Å². The van der Waals surface area contributed by atoms with Crippen molar-refractivity contribution in [3.63, 3.8) is 0 Å². The van der Waals surface area contributed by atoms with Crippen molar-refractivity contribution in [3.8, 4) is 0 Å². The van der Waals surface area contributed by atoms with Crippen LogP contribution in [0.2, 0.25) is 32.7 Å². The van der Waals surface area contributed by atoms with Gasteiger partial charge in [-0.05, 0) is 48.1 Å². The lowest BCUT2D eigenvalue weighted by atomic mass is 10.3. The summed E-state index contributed by atoms with van der Waals surface area (Å²) in [5.41, 5.74) is 0. The highest BCUT2D eigenvalue weighted by molar-refractivity contribution is 9.10. The predicted molar refractivity (Wildman–Crippen MR) is 154 cm³/mol. The van der Waals surface area contributed by atoms with E-state index in [2.05, 4.69) is 141 Å². The van der Waals surface area contributed by atoms with Crippen LogP contribution in [0.5, 0.6) is 0 Å². The van der Waals surface area contributed by atoms with Crippen LogP contribution in [0, 0.1) is 0 Å². The van der Waals surface area contributed by atoms with Crippen LogP contribution in [0.4, 0.5) is 0 Å². The van der Waals surface area contributed by atoms with Crippen LogP contribution in [0.15, 0.2) is 89.4 Å². The molecule has 0 radical (unpaired) electrons. The topological polar surface area (TPSA) is 18.5 Å². The fourth-order valence-electron chi connectivity index (χ4n) is 4.56. The summed E-state index contributed by atoms with van der Waals surface area (Å²) in [5, 5.41) is 4.06. The second-order valence-corrected chi connectivity index (χ2v) is 28.8. The molecule has 0 fully saturated rings. The molecule has 0 saturated carbocycles. The molecule has 33 heavy (non-hydrogen) atoms. The first-order chi connectivity index (χ1) is 15.6. The molecule has 0 aliphatic rings. The smallest absolute Gasteiger partial charge is 0.240 e. The Kier molecular flexibility index (Phi) is 8.75. The van der Waals surface area contributed by atoms with E-state index in [4.69, 9.17) is 8.85 Å². The van der Waals surface area contributed by atoms with Gasteiger partial charge in [0.25, 0.3) is 0 Å². The molecule has 176 valence electrons. The van der Waals surface area contributed by atoms with Gasteiger partial charge in [0.1, 0.15) is 0 Å². The standard InChI is InChI=1S/C27H37BrO2Si3/c1-23(21-22-29-32(5,6)27-20-14-13-19-26(27)28)30-33(31(2,3)4,24-15-9-7-10-16-24)25-17-11-8-12-18-25/h7-20,23H,21-22H2,1-6H3. The molecule has 0 spiro atoms. The molecule has 1 atom stereocenters. The molecule has 2 nitrogen and oxygen atoms in total. The van der Waals surface area contributed by atoms with E-state index in [1.807, 2.05) is 0 Å². The van der Waals surface area contributed by atoms with Gasteiger partial charge >= 0.3 is 0 Å². The second kappa shape index (κ2) is 11.0. The Morgan fingerprint density at radius 2 is 1.21 bits per heavy atom. The van der Waals surface area contributed by atoms with Crippen LogP contribution in [-0.4, -0.2) is 36.5 Å². The maximum atomic E-state index is 7.25. The van der Waals surface area contributed by atoms with E-state index in [0.717, 1.165) is 10.9 Å². The molecule has 3 rings (SSSR count). The van der Waals surface area contributed by atoms with Gasteiger partial charge in [-0.1, -0.05) is 114 Å². The minimum atomic E-state index is -2.39. The van der Waals surface area contributed by atoms with Crippen molar-refractivity contribution in [2.45, 2.75) is 52.2 Å². The predicted octanol–water partition coefficient (Wildman–Crippen LogP) is 5.85. The van der Waals surface area contributed by atoms with Crippen LogP contribution in [0.1, 0.15) is 13.3 Å². The third-order valence-corrected chi connectivity index (χ3v) is 23.6. The van der Waals surface area contributed by atoms with E-state index < -0.39 is 23.7 Å². The molecule has 0 saturated heterocycles. The lowest BCUT2D eigenvalue weighted by molar-refractivity contribution is 0.177. The van der Waals surface area contributed by atoms with Gasteiger partial charge in [-0.2, -0.15) is 0 Å². The first-order valence-electron chi connectivity index (χ1n) is 11.8. The number of halogens is 1. The summed E-state index contributed by atoms with van der Waals surface area (Å²) in [4.78, 5) is 0. The van der Waals surface area contributed by atoms with Gasteiger partial charge in [0.2, 0.25) is 16.2 Å². The SMILES string of the molecule is CC(CCO[Si](C)(C)c1ccccc1Br)O[Si](c1ccccc1)(c1ccccc1)[Si](C)(C)C. The number of hydrogen-bond donors (Lipinski definition) is 0. The molecule has 0 N–H and O–H groups in total. The largest absolute Gasteiger partial charge is 0.413 e. The van der Waals surface area contributed by atoms with Crippen molar-refractivity contribution in [1.82, 2.24) is 0 Å². The van der Waals surface area contributed by atoms with E-state index in [0.29, 0.717) is 6.61 Å². The van der Waals surface area contributed by atoms with Crippen LogP contribution >= 0.6 is 15.9 Å². The van der Waals surface area contributed by atoms with Gasteiger partial charge < -0.3 is 8.85 Å². The molecular formula is C27H37BrO2Si3. The van der Waals surface area contributed by atoms with Crippen LogP contribution < -0.4 is 15.6 Å². The minimum Gasteiger partial charge on any atom is -0.413 e. The highest BCUT2D eigenvalue weighted by atomic mass is 79.9. The van der Waals surface area contributed by atoms with E-state index in [9.17, 15) is 0 Å². The Balaban J connectivity index is 1.83. The molecule has 0 heterocycles. The summed E-state index contributed by atoms with van der Waals surface area (Å²) in [5.74, 6) is 0. The highest BCUT2D eigenvalue weighted by Crippen LogP contribution is 2.24. The zero-order valence-corrected chi connectivity index (χ0v) is 25.4. The monoisotopic (exact) mass is 556 g/mol. The van der Waals surface area contributed by atoms with Crippen LogP contribution in [0.25, 0.3) is 0 Å². The fourth-order valence-corrected chi connectivity index (χ4v) is 20.8. The van der Waals surface area contributed by atoms with E-state index in [1.165, 1.54) is 15.6 Å². The van der Waals surface area contributed by atoms with Crippen molar-refractivity contribution in [2.75, 3.05) is 6.61 Å². The first-order valence-corrected chi connectivity index (χ1v) is 21.9. The van der Waals surface area contributed by atoms with E-state index >= 15 is 0 Å². The van der Waals surface area contributed by atoms with Crippen molar-refractivity contribution < 1.29 is 8.85 Å². The van der Waals surface area contributed by atoms with Gasteiger partial charge in [-0.15, -0.1) is 0 Å². The summed E-state index contributed by atoms with van der Waals surface area (Å²) < 4.78 is 14.9. The van der Waals surface area contributed by atoms with Crippen LogP contribution in [-0.2, 0) is 8.85 Å². The first kappa shape index (κ1) is 26.3. The molecule has 3 aromatic rings. The summed E-state index contributed by atoms with van der Waals surface area (Å²) in [6.45, 7) is 14.9. The van der Waals surface area contributed by atoms with Crippen LogP contribution in [0.3, 0.4) is 0 Å². The quantitative estimate of drug-likeness (QED) is 0.291. The molecule has 0 aliphatic heterocycles. The zero-order valence-electron chi connectivity index (χ0n) is 20.8. The van der Waals surface area contributed by atoms with Gasteiger partial charge in [0.05, 0.1) is 7.59 Å². The molecule has 3 aromatic carbocycles. The molecule has 1 unspecified atom stereocenters. The van der Waals surface area contributed by atoms with Crippen molar-refractivity contribution >= 4 is 55.2 Å². The Hall–Kier alpha value is -1.29. The van der Waals surface area contributed by atoms with Crippen molar-refractivity contribution in [1.29, 1.82) is 0 Å². The van der Waals surface area contributed by atoms with Gasteiger partial charge in [-0.3, -0.25) is 0 Å². The molecule has 0 aliphatic carbocycles. The van der Waals surface area contributed by atoms with E-state index in [-0.39, 0.29) is 6.10 Å². The molecular weight excluding hydrogens is 520 g/mol. The Morgan fingerprint density at radius 1 is 0.727 bits per heavy atom. The Bertz CT molecular complexity index is 981. The Morgan fingerprint density at radius 3 is 1.70 bits per heavy atom. The lowest BCUT2D eigenvalue weighted by Crippen LogP contribution is -2.75. The van der Waals surface area contributed by atoms with Gasteiger partial charge in [0.15, 0.2) is 0 Å². The maximum absolute atomic E-state index is 7.25. The highest BCUT2D eigenvalue weighted by Gasteiger charge is 2.51. The molecule has 0 aromatic heterocycles. The minimum absolute atomic E-state index is 0.118. The maximum Gasteiger partial charge on any atom is 0.240 e. The molecule has 0 amide bonds. The summed E-state index contributed by atoms with van der Waals surface area (Å²) in [6.07, 6.45) is 1.01. The third kappa shape index (κ3) is 6.05. The van der Waals surface area contributed by atoms with E-state index in [1.54, 1.807) is 0 Å². The van der Waals surface area contributed by atoms with Gasteiger partial charge in [0, 0.05) is 17.2 Å². The summed E-state index contributed by atoms with van der Waals surface area (Å²) >= 11 is 3.71. The average molecular weight is 558 g/mol. The zero-order chi connectivity index (χ0) is 24.1. The summed E-state index contributed by atoms with van der Waals surface area (Å²) in [6, 6.07) is 30.4. The van der Waals surface area contributed by atoms with Crippen molar-refractivity contribution in [3.05, 3.63) is 89.4 Å². The Labute approximate surface area is 211 Å². The third-order valence-electron chi connectivity index (χ3n) is 6.30. The average Bonchev–Trinajstić information content (AvgIpc) is 2.78. The second-order valence-electron chi connectivity index (χ2n) is 10.2. The lowest BCUT2D eigenvalue weighted by Gasteiger charge is -2.44. The summed E-state index contributed by atoms with van der Waals surface area (Å²) in [7, 11) is -6.13. The number of rotatable bonds is 10. The normalized spacial score (nSPS) is 13.7. The fraction of sp³-hybridized carbons (Fsp3) is 0.333. The molecule has 6 heteroatoms. The number of hydrogen-bond acceptors (Lipinski definition) is 2. The molecule has 0 bridgehead atoms.